The number of primary sulfonamides is 1. The first-order valence-corrected chi connectivity index (χ1v) is 7.57. The van der Waals surface area contributed by atoms with Crippen LogP contribution >= 0.6 is 0 Å². The molecule has 96 valence electrons. The van der Waals surface area contributed by atoms with Crippen molar-refractivity contribution in [2.45, 2.75) is 11.4 Å². The molecule has 1 rings (SSSR count). The summed E-state index contributed by atoms with van der Waals surface area (Å²) in [6.45, 7) is -0.0213. The highest BCUT2D eigenvalue weighted by atomic mass is 32.2. The van der Waals surface area contributed by atoms with E-state index in [0.29, 0.717) is 5.56 Å². The number of nitrogens with two attached hydrogens (primary N) is 1. The molecule has 0 amide bonds. The minimum Gasteiger partial charge on any atom is -0.225 e. The maximum atomic E-state index is 11.1. The van der Waals surface area contributed by atoms with Crippen LogP contribution in [-0.2, 0) is 26.8 Å². The summed E-state index contributed by atoms with van der Waals surface area (Å²) in [6.07, 6.45) is 0. The third-order valence-corrected chi connectivity index (χ3v) is 3.93. The van der Waals surface area contributed by atoms with Gasteiger partial charge >= 0.3 is 0 Å². The van der Waals surface area contributed by atoms with Crippen molar-refractivity contribution in [3.63, 3.8) is 0 Å². The van der Waals surface area contributed by atoms with Gasteiger partial charge in [0, 0.05) is 13.6 Å². The van der Waals surface area contributed by atoms with Crippen molar-refractivity contribution in [1.82, 2.24) is 9.44 Å². The summed E-state index contributed by atoms with van der Waals surface area (Å²) in [5.74, 6) is 0. The fourth-order valence-corrected chi connectivity index (χ4v) is 2.17. The number of rotatable bonds is 5. The average Bonchev–Trinajstić information content (AvgIpc) is 2.26. The molecule has 0 saturated carbocycles. The van der Waals surface area contributed by atoms with Gasteiger partial charge in [-0.15, -0.1) is 0 Å². The molecular formula is C8H13N3O4S2. The van der Waals surface area contributed by atoms with Gasteiger partial charge in [0.05, 0.1) is 4.90 Å². The van der Waals surface area contributed by atoms with Crippen LogP contribution in [0, 0.1) is 0 Å². The van der Waals surface area contributed by atoms with E-state index in [1.165, 1.54) is 25.2 Å². The molecule has 0 aliphatic heterocycles. The summed E-state index contributed by atoms with van der Waals surface area (Å²) < 4.78 is 48.6. The fraction of sp³-hybridized carbons (Fsp3) is 0.250. The zero-order valence-electron chi connectivity index (χ0n) is 9.04. The highest BCUT2D eigenvalue weighted by Gasteiger charge is 2.09. The van der Waals surface area contributed by atoms with Gasteiger partial charge in [-0.25, -0.2) is 18.3 Å². The summed E-state index contributed by atoms with van der Waals surface area (Å²) in [7, 11) is -6.06. The normalized spacial score (nSPS) is 12.6. The molecule has 0 unspecified atom stereocenters. The van der Waals surface area contributed by atoms with Crippen LogP contribution < -0.4 is 14.6 Å². The van der Waals surface area contributed by atoms with Gasteiger partial charge in [0.15, 0.2) is 0 Å². The van der Waals surface area contributed by atoms with Crippen molar-refractivity contribution in [2.24, 2.45) is 5.14 Å². The highest BCUT2D eigenvalue weighted by molar-refractivity contribution is 7.89. The first kappa shape index (κ1) is 14.1. The van der Waals surface area contributed by atoms with Crippen molar-refractivity contribution in [3.8, 4) is 0 Å². The molecule has 17 heavy (non-hydrogen) atoms. The number of sulfonamides is 1. The summed E-state index contributed by atoms with van der Waals surface area (Å²) in [6, 6.07) is 5.73. The van der Waals surface area contributed by atoms with Crippen molar-refractivity contribution >= 4 is 20.2 Å². The Morgan fingerprint density at radius 2 is 1.88 bits per heavy atom. The molecule has 4 N–H and O–H groups in total. The van der Waals surface area contributed by atoms with Gasteiger partial charge in [-0.1, -0.05) is 12.1 Å². The van der Waals surface area contributed by atoms with E-state index in [2.05, 4.69) is 9.44 Å². The molecule has 0 aliphatic carbocycles. The Morgan fingerprint density at radius 3 is 2.41 bits per heavy atom. The fourth-order valence-electron chi connectivity index (χ4n) is 1.08. The summed E-state index contributed by atoms with van der Waals surface area (Å²) >= 11 is 0. The maximum Gasteiger partial charge on any atom is 0.276 e. The smallest absolute Gasteiger partial charge is 0.225 e. The van der Waals surface area contributed by atoms with Crippen LogP contribution in [-0.4, -0.2) is 23.9 Å². The van der Waals surface area contributed by atoms with Gasteiger partial charge in [0.1, 0.15) is 0 Å². The number of hydrogen-bond acceptors (Lipinski definition) is 4. The predicted molar refractivity (Wildman–Crippen MR) is 62.6 cm³/mol. The minimum atomic E-state index is -3.78. The van der Waals surface area contributed by atoms with Crippen LogP contribution in [0.2, 0.25) is 0 Å². The topological polar surface area (TPSA) is 118 Å². The highest BCUT2D eigenvalue weighted by Crippen LogP contribution is 2.09. The largest absolute Gasteiger partial charge is 0.276 e. The second-order valence-electron chi connectivity index (χ2n) is 3.22. The Hall–Kier alpha value is -1.00. The van der Waals surface area contributed by atoms with E-state index < -0.39 is 20.2 Å². The Kier molecular flexibility index (Phi) is 4.22. The predicted octanol–water partition coefficient (Wildman–Crippen LogP) is -1.11. The molecule has 0 bridgehead atoms. The zero-order chi connectivity index (χ0) is 13.1. The van der Waals surface area contributed by atoms with Crippen molar-refractivity contribution in [2.75, 3.05) is 7.05 Å². The van der Waals surface area contributed by atoms with Crippen LogP contribution in [0.15, 0.2) is 29.2 Å². The van der Waals surface area contributed by atoms with Gasteiger partial charge in [0.2, 0.25) is 10.0 Å². The van der Waals surface area contributed by atoms with Gasteiger partial charge in [-0.2, -0.15) is 13.1 Å². The van der Waals surface area contributed by atoms with E-state index in [4.69, 9.17) is 5.14 Å². The van der Waals surface area contributed by atoms with Crippen LogP contribution in [0.1, 0.15) is 5.56 Å². The summed E-state index contributed by atoms with van der Waals surface area (Å²) in [5.41, 5.74) is 0.496. The molecule has 0 atom stereocenters. The number of hydrogen-bond donors (Lipinski definition) is 3. The maximum absolute atomic E-state index is 11.1. The molecule has 7 nitrogen and oxygen atoms in total. The molecule has 0 saturated heterocycles. The molecule has 1 aromatic rings. The van der Waals surface area contributed by atoms with Crippen molar-refractivity contribution < 1.29 is 16.8 Å². The average molecular weight is 279 g/mol. The summed E-state index contributed by atoms with van der Waals surface area (Å²) in [4.78, 5) is -0.0568. The summed E-state index contributed by atoms with van der Waals surface area (Å²) in [5, 5.41) is 4.95. The van der Waals surface area contributed by atoms with E-state index in [1.807, 2.05) is 0 Å². The second-order valence-corrected chi connectivity index (χ2v) is 6.49. The standard InChI is InChI=1S/C8H13N3O4S2/c1-10-17(14,15)11-6-7-3-2-4-8(5-7)16(9,12)13/h2-5,10-11H,6H2,1H3,(H2,9,12,13). The third-order valence-electron chi connectivity index (χ3n) is 1.96. The SMILES string of the molecule is CNS(=O)(=O)NCc1cccc(S(N)(=O)=O)c1. The lowest BCUT2D eigenvalue weighted by Gasteiger charge is -2.06. The second kappa shape index (κ2) is 5.10. The number of nitrogens with one attached hydrogen (secondary N) is 2. The van der Waals surface area contributed by atoms with Crippen LogP contribution in [0.25, 0.3) is 0 Å². The van der Waals surface area contributed by atoms with E-state index in [1.54, 1.807) is 6.07 Å². The van der Waals surface area contributed by atoms with Gasteiger partial charge in [0.25, 0.3) is 10.2 Å². The van der Waals surface area contributed by atoms with Gasteiger partial charge in [-0.3, -0.25) is 0 Å². The van der Waals surface area contributed by atoms with E-state index in [-0.39, 0.29) is 11.4 Å². The molecule has 0 spiro atoms. The third kappa shape index (κ3) is 4.40. The Bertz CT molecular complexity index is 595. The van der Waals surface area contributed by atoms with Crippen LogP contribution in [0.5, 0.6) is 0 Å². The molecule has 9 heteroatoms. The quantitative estimate of drug-likeness (QED) is 0.633. The Balaban J connectivity index is 2.88. The minimum absolute atomic E-state index is 0.0213. The molecule has 0 radical (unpaired) electrons. The lowest BCUT2D eigenvalue weighted by Crippen LogP contribution is -2.33. The van der Waals surface area contributed by atoms with E-state index >= 15 is 0 Å². The molecule has 0 heterocycles. The Morgan fingerprint density at radius 1 is 1.24 bits per heavy atom. The molecular weight excluding hydrogens is 266 g/mol. The lowest BCUT2D eigenvalue weighted by atomic mass is 10.2. The number of benzene rings is 1. The van der Waals surface area contributed by atoms with Crippen molar-refractivity contribution in [3.05, 3.63) is 29.8 Å². The van der Waals surface area contributed by atoms with E-state index in [9.17, 15) is 16.8 Å². The van der Waals surface area contributed by atoms with E-state index in [0.717, 1.165) is 0 Å². The molecule has 0 fully saturated rings. The first-order chi connectivity index (χ1) is 7.74. The molecule has 1 aromatic carbocycles. The lowest BCUT2D eigenvalue weighted by molar-refractivity contribution is 0.573. The molecule has 0 aromatic heterocycles. The van der Waals surface area contributed by atoms with Crippen molar-refractivity contribution in [1.29, 1.82) is 0 Å². The Labute approximate surface area is 100 Å². The van der Waals surface area contributed by atoms with Crippen LogP contribution in [0.3, 0.4) is 0 Å². The zero-order valence-corrected chi connectivity index (χ0v) is 10.7. The van der Waals surface area contributed by atoms with Gasteiger partial charge in [-0.05, 0) is 17.7 Å². The monoisotopic (exact) mass is 279 g/mol. The van der Waals surface area contributed by atoms with Crippen LogP contribution in [0.4, 0.5) is 0 Å². The first-order valence-electron chi connectivity index (χ1n) is 4.54. The molecule has 0 aliphatic rings. The van der Waals surface area contributed by atoms with Gasteiger partial charge < -0.3 is 0 Å².